The van der Waals surface area contributed by atoms with Crippen LogP contribution in [0.1, 0.15) is 49.3 Å². The smallest absolute Gasteiger partial charge is 0.339 e. The molecule has 4 rings (SSSR count). The van der Waals surface area contributed by atoms with Crippen LogP contribution in [-0.4, -0.2) is 18.0 Å². The van der Waals surface area contributed by atoms with Crippen molar-refractivity contribution in [1.82, 2.24) is 0 Å². The first kappa shape index (κ1) is 22.6. The molecule has 0 spiro atoms. The minimum atomic E-state index is -0.466. The van der Waals surface area contributed by atoms with Crippen LogP contribution in [0.15, 0.2) is 51.7 Å². The molecule has 1 aromatic heterocycles. The van der Waals surface area contributed by atoms with E-state index in [1.165, 1.54) is 6.92 Å². The second-order valence-electron chi connectivity index (χ2n) is 8.50. The summed E-state index contributed by atoms with van der Waals surface area (Å²) in [6.07, 6.45) is 4.10. The fraction of sp³-hybridized carbons (Fsp3) is 0.385. The highest BCUT2D eigenvalue weighted by Gasteiger charge is 2.24. The van der Waals surface area contributed by atoms with E-state index in [0.29, 0.717) is 17.8 Å². The lowest BCUT2D eigenvalue weighted by molar-refractivity contribution is -0.116. The summed E-state index contributed by atoms with van der Waals surface area (Å²) < 4.78 is 17.9. The first-order valence-electron chi connectivity index (χ1n) is 11.0. The summed E-state index contributed by atoms with van der Waals surface area (Å²) in [6.45, 7) is 3.94. The number of fused-ring (bicyclic) bond motifs is 1. The number of Topliss-reactive ketones (excluding diaryl/α,β-unsaturated/α-hetero) is 1. The van der Waals surface area contributed by atoms with E-state index in [2.05, 4.69) is 0 Å². The molecule has 5 nitrogen and oxygen atoms in total. The number of carbonyl (C=O) groups is 1. The molecule has 6 heteroatoms. The van der Waals surface area contributed by atoms with Crippen molar-refractivity contribution in [3.8, 4) is 5.75 Å². The van der Waals surface area contributed by atoms with Crippen molar-refractivity contribution in [3.05, 3.63) is 74.6 Å². The Hall–Kier alpha value is -2.63. The second-order valence-corrected chi connectivity index (χ2v) is 8.94. The van der Waals surface area contributed by atoms with E-state index in [4.69, 9.17) is 25.5 Å². The van der Waals surface area contributed by atoms with Crippen LogP contribution in [0.4, 0.5) is 0 Å². The van der Waals surface area contributed by atoms with Crippen molar-refractivity contribution < 1.29 is 18.7 Å². The van der Waals surface area contributed by atoms with Gasteiger partial charge in [-0.1, -0.05) is 23.7 Å². The van der Waals surface area contributed by atoms with Gasteiger partial charge in [-0.25, -0.2) is 4.79 Å². The van der Waals surface area contributed by atoms with Crippen LogP contribution in [0, 0.1) is 6.92 Å². The summed E-state index contributed by atoms with van der Waals surface area (Å²) in [7, 11) is 0. The number of rotatable bonds is 7. The first-order chi connectivity index (χ1) is 15.4. The van der Waals surface area contributed by atoms with Crippen molar-refractivity contribution >= 4 is 28.4 Å². The normalized spacial score (nSPS) is 18.6. The molecule has 32 heavy (non-hydrogen) atoms. The average Bonchev–Trinajstić information content (AvgIpc) is 2.77. The first-order valence-corrected chi connectivity index (χ1v) is 11.4. The lowest BCUT2D eigenvalue weighted by Crippen LogP contribution is -2.28. The number of ether oxygens (including phenoxy) is 2. The minimum Gasteiger partial charge on any atom is -0.490 e. The Labute approximate surface area is 192 Å². The van der Waals surface area contributed by atoms with Crippen molar-refractivity contribution in [3.63, 3.8) is 0 Å². The predicted molar refractivity (Wildman–Crippen MR) is 125 cm³/mol. The van der Waals surface area contributed by atoms with E-state index in [1.54, 1.807) is 6.07 Å². The molecule has 0 N–H and O–H groups in total. The summed E-state index contributed by atoms with van der Waals surface area (Å²) in [5, 5.41) is 1.52. The Morgan fingerprint density at radius 1 is 1.06 bits per heavy atom. The maximum Gasteiger partial charge on any atom is 0.339 e. The number of benzene rings is 2. The monoisotopic (exact) mass is 454 g/mol. The highest BCUT2D eigenvalue weighted by atomic mass is 35.5. The number of aryl methyl sites for hydroxylation is 1. The number of hydrogen-bond acceptors (Lipinski definition) is 5. The molecule has 1 heterocycles. The van der Waals surface area contributed by atoms with Crippen LogP contribution < -0.4 is 10.4 Å². The molecular formula is C26H27ClO5. The molecule has 1 aliphatic carbocycles. The van der Waals surface area contributed by atoms with E-state index in [9.17, 15) is 9.59 Å². The molecule has 0 bridgehead atoms. The van der Waals surface area contributed by atoms with E-state index in [1.807, 2.05) is 43.3 Å². The lowest BCUT2D eigenvalue weighted by Gasteiger charge is -2.29. The van der Waals surface area contributed by atoms with Crippen LogP contribution in [-0.2, 0) is 22.6 Å². The zero-order chi connectivity index (χ0) is 22.7. The van der Waals surface area contributed by atoms with Gasteiger partial charge in [-0.3, -0.25) is 4.79 Å². The van der Waals surface area contributed by atoms with Gasteiger partial charge in [0, 0.05) is 28.0 Å². The highest BCUT2D eigenvalue weighted by molar-refractivity contribution is 6.30. The van der Waals surface area contributed by atoms with Gasteiger partial charge in [-0.2, -0.15) is 0 Å². The quantitative estimate of drug-likeness (QED) is 0.422. The molecule has 1 fully saturated rings. The highest BCUT2D eigenvalue weighted by Crippen LogP contribution is 2.31. The summed E-state index contributed by atoms with van der Waals surface area (Å²) in [6, 6.07) is 13.3. The van der Waals surface area contributed by atoms with E-state index >= 15 is 0 Å². The van der Waals surface area contributed by atoms with Crippen LogP contribution >= 0.6 is 11.6 Å². The van der Waals surface area contributed by atoms with Gasteiger partial charge in [0.1, 0.15) is 17.1 Å². The number of hydrogen-bond donors (Lipinski definition) is 0. The summed E-state index contributed by atoms with van der Waals surface area (Å²) in [4.78, 5) is 23.6. The third kappa shape index (κ3) is 5.40. The molecule has 0 atom stereocenters. The van der Waals surface area contributed by atoms with Crippen molar-refractivity contribution in [2.75, 3.05) is 0 Å². The molecule has 1 saturated carbocycles. The van der Waals surface area contributed by atoms with Gasteiger partial charge in [0.05, 0.1) is 18.8 Å². The second kappa shape index (κ2) is 9.88. The molecule has 3 aromatic rings. The largest absolute Gasteiger partial charge is 0.490 e. The number of halogens is 1. The maximum absolute atomic E-state index is 12.3. The molecule has 168 valence electrons. The van der Waals surface area contributed by atoms with Crippen molar-refractivity contribution in [1.29, 1.82) is 0 Å². The molecule has 0 saturated heterocycles. The van der Waals surface area contributed by atoms with Gasteiger partial charge in [-0.05, 0) is 75.4 Å². The van der Waals surface area contributed by atoms with Crippen LogP contribution in [0.2, 0.25) is 5.02 Å². The fourth-order valence-corrected chi connectivity index (χ4v) is 4.28. The molecular weight excluding hydrogens is 428 g/mol. The average molecular weight is 455 g/mol. The van der Waals surface area contributed by atoms with Gasteiger partial charge < -0.3 is 13.9 Å². The molecule has 2 aromatic carbocycles. The van der Waals surface area contributed by atoms with Gasteiger partial charge >= 0.3 is 5.63 Å². The summed E-state index contributed by atoms with van der Waals surface area (Å²) in [5.74, 6) is 0.659. The molecule has 0 unspecified atom stereocenters. The van der Waals surface area contributed by atoms with Gasteiger partial charge in [0.15, 0.2) is 0 Å². The Balaban J connectivity index is 1.36. The number of ketones is 1. The zero-order valence-corrected chi connectivity index (χ0v) is 19.1. The van der Waals surface area contributed by atoms with Crippen LogP contribution in [0.25, 0.3) is 11.0 Å². The lowest BCUT2D eigenvalue weighted by atomic mass is 9.94. The van der Waals surface area contributed by atoms with E-state index in [0.717, 1.165) is 53.0 Å². The van der Waals surface area contributed by atoms with Crippen molar-refractivity contribution in [2.24, 2.45) is 0 Å². The van der Waals surface area contributed by atoms with Gasteiger partial charge in [0.25, 0.3) is 0 Å². The number of carbonyl (C=O) groups excluding carboxylic acids is 1. The SMILES string of the molecule is CC(=O)Cc1cc2ccc(OC3CCC(OCc4ccc(Cl)cc4)CC3)c(C)c2oc1=O. The summed E-state index contributed by atoms with van der Waals surface area (Å²) in [5.41, 5.74) is 2.35. The zero-order valence-electron chi connectivity index (χ0n) is 18.4. The Bertz CT molecular complexity index is 1160. The minimum absolute atomic E-state index is 0.0685. The predicted octanol–water partition coefficient (Wildman–Crippen LogP) is 5.79. The maximum atomic E-state index is 12.3. The van der Waals surface area contributed by atoms with Gasteiger partial charge in [-0.15, -0.1) is 0 Å². The Kier molecular flexibility index (Phi) is 6.97. The Morgan fingerprint density at radius 2 is 1.75 bits per heavy atom. The van der Waals surface area contributed by atoms with E-state index in [-0.39, 0.29) is 24.4 Å². The third-order valence-corrected chi connectivity index (χ3v) is 6.18. The van der Waals surface area contributed by atoms with Crippen LogP contribution in [0.5, 0.6) is 5.75 Å². The van der Waals surface area contributed by atoms with E-state index < -0.39 is 5.63 Å². The Morgan fingerprint density at radius 3 is 2.44 bits per heavy atom. The fourth-order valence-electron chi connectivity index (χ4n) is 4.16. The van der Waals surface area contributed by atoms with Crippen LogP contribution in [0.3, 0.4) is 0 Å². The third-order valence-electron chi connectivity index (χ3n) is 5.93. The summed E-state index contributed by atoms with van der Waals surface area (Å²) >= 11 is 5.93. The van der Waals surface area contributed by atoms with Crippen molar-refractivity contribution in [2.45, 2.75) is 64.8 Å². The van der Waals surface area contributed by atoms with Gasteiger partial charge in [0.2, 0.25) is 0 Å². The molecule has 0 radical (unpaired) electrons. The standard InChI is InChI=1S/C26H27ClO5/c1-16(28)13-20-14-19-5-12-24(17(2)25(19)32-26(20)29)31-23-10-8-22(9-11-23)30-15-18-3-6-21(27)7-4-18/h3-7,12,14,22-23H,8-11,13,15H2,1-2H3. The molecule has 0 amide bonds. The molecule has 1 aliphatic rings. The molecule has 0 aliphatic heterocycles. The topological polar surface area (TPSA) is 65.7 Å².